The van der Waals surface area contributed by atoms with Crippen molar-refractivity contribution in [3.63, 3.8) is 0 Å². The zero-order valence-corrected chi connectivity index (χ0v) is 15.8. The first-order chi connectivity index (χ1) is 7.67. The Morgan fingerprint density at radius 1 is 0.941 bits per heavy atom. The molecular weight excluding hydrogens is 317 g/mol. The van der Waals surface area contributed by atoms with E-state index in [9.17, 15) is 0 Å². The summed E-state index contributed by atoms with van der Waals surface area (Å²) < 4.78 is 8.12. The Hall–Kier alpha value is 0.679. The van der Waals surface area contributed by atoms with Gasteiger partial charge in [-0.25, -0.2) is 0 Å². The van der Waals surface area contributed by atoms with Crippen LogP contribution >= 0.6 is 0 Å². The van der Waals surface area contributed by atoms with Gasteiger partial charge in [-0.3, -0.25) is 0 Å². The van der Waals surface area contributed by atoms with Crippen LogP contribution in [-0.2, 0) is 0 Å². The molecule has 0 unspecified atom stereocenters. The molecule has 1 heterocycles. The molecule has 3 nitrogen and oxygen atoms in total. The van der Waals surface area contributed by atoms with Crippen molar-refractivity contribution in [2.75, 3.05) is 20.8 Å². The minimum absolute atomic E-state index is 0.374. The van der Waals surface area contributed by atoms with E-state index in [1.807, 2.05) is 0 Å². The second-order valence-corrected chi connectivity index (χ2v) is 13.9. The molecule has 0 amide bonds. The van der Waals surface area contributed by atoms with Gasteiger partial charge in [-0.05, 0) is 0 Å². The van der Waals surface area contributed by atoms with Crippen LogP contribution in [0.15, 0.2) is 0 Å². The fraction of sp³-hybridized carbons (Fsp3) is 1.00. The van der Waals surface area contributed by atoms with Crippen LogP contribution in [0.4, 0.5) is 0 Å². The molecule has 1 aliphatic rings. The first-order valence-corrected chi connectivity index (χ1v) is 10.6. The molecule has 1 radical (unpaired) electrons. The molecule has 101 valence electrons. The van der Waals surface area contributed by atoms with Gasteiger partial charge in [0, 0.05) is 0 Å². The summed E-state index contributed by atoms with van der Waals surface area (Å²) in [7, 11) is 4.54. The van der Waals surface area contributed by atoms with Crippen molar-refractivity contribution in [1.29, 1.82) is 0 Å². The van der Waals surface area contributed by atoms with Crippen LogP contribution < -0.4 is 0 Å². The summed E-state index contributed by atoms with van der Waals surface area (Å²) in [6.45, 7) is 15.4. The van der Waals surface area contributed by atoms with E-state index < -0.39 is 20.6 Å². The Morgan fingerprint density at radius 2 is 1.29 bits per heavy atom. The Labute approximate surface area is 116 Å². The predicted molar refractivity (Wildman–Crippen MR) is 76.7 cm³/mol. The van der Waals surface area contributed by atoms with Gasteiger partial charge in [0.05, 0.1) is 0 Å². The SMILES string of the molecule is CCC(C)(C)[N]1C[N](C(C)(C)CC)[Sn]1[N](C)C. The number of hydrogen-bond acceptors (Lipinski definition) is 3. The summed E-state index contributed by atoms with van der Waals surface area (Å²) in [5.74, 6) is 0. The number of nitrogens with zero attached hydrogens (tertiary/aromatic N) is 3. The number of rotatable bonds is 5. The van der Waals surface area contributed by atoms with Crippen molar-refractivity contribution in [3.05, 3.63) is 0 Å². The standard InChI is InChI=1S/C11H24N2.C2H6N.Sn/c1-7-10(3,4)12-9-13-11(5,6)8-2;1-3-2;/h7-9H2,1-6H3;1-2H3;/q-2;-1;+3. The van der Waals surface area contributed by atoms with Gasteiger partial charge >= 0.3 is 116 Å². The molecule has 1 rings (SSSR count). The summed E-state index contributed by atoms with van der Waals surface area (Å²) >= 11 is -1.73. The topological polar surface area (TPSA) is 9.72 Å². The van der Waals surface area contributed by atoms with Crippen molar-refractivity contribution in [2.45, 2.75) is 65.5 Å². The molecule has 0 atom stereocenters. The minimum atomic E-state index is -1.73. The number of hydrogen-bond donors (Lipinski definition) is 0. The molecule has 1 saturated heterocycles. The second-order valence-electron chi connectivity index (χ2n) is 6.52. The van der Waals surface area contributed by atoms with Crippen LogP contribution in [0.5, 0.6) is 0 Å². The van der Waals surface area contributed by atoms with Gasteiger partial charge in [-0.1, -0.05) is 0 Å². The van der Waals surface area contributed by atoms with Gasteiger partial charge in [-0.15, -0.1) is 0 Å². The zero-order valence-electron chi connectivity index (χ0n) is 13.0. The van der Waals surface area contributed by atoms with Crippen LogP contribution in [0, 0.1) is 0 Å². The predicted octanol–water partition coefficient (Wildman–Crippen LogP) is 2.49. The average Bonchev–Trinajstić information content (AvgIpc) is 2.14. The zero-order chi connectivity index (χ0) is 13.4. The molecule has 0 aromatic carbocycles. The van der Waals surface area contributed by atoms with Crippen molar-refractivity contribution < 1.29 is 0 Å². The van der Waals surface area contributed by atoms with E-state index >= 15 is 0 Å². The van der Waals surface area contributed by atoms with E-state index in [0.717, 1.165) is 0 Å². The van der Waals surface area contributed by atoms with E-state index in [4.69, 9.17) is 0 Å². The second kappa shape index (κ2) is 5.35. The molecule has 0 N–H and O–H groups in total. The summed E-state index contributed by atoms with van der Waals surface area (Å²) in [6, 6.07) is 0. The van der Waals surface area contributed by atoms with Crippen molar-refractivity contribution in [3.8, 4) is 0 Å². The van der Waals surface area contributed by atoms with E-state index in [2.05, 4.69) is 65.0 Å². The van der Waals surface area contributed by atoms with E-state index in [0.29, 0.717) is 11.1 Å². The summed E-state index contributed by atoms with van der Waals surface area (Å²) in [5.41, 5.74) is 0.749. The Bertz CT molecular complexity index is 241. The van der Waals surface area contributed by atoms with E-state index in [1.165, 1.54) is 19.5 Å². The van der Waals surface area contributed by atoms with Gasteiger partial charge in [0.15, 0.2) is 0 Å². The maximum atomic E-state index is 2.80. The molecule has 1 aliphatic heterocycles. The maximum absolute atomic E-state index is 2.80. The first kappa shape index (κ1) is 15.7. The Balaban J connectivity index is 2.84. The Morgan fingerprint density at radius 3 is 1.53 bits per heavy atom. The van der Waals surface area contributed by atoms with Crippen molar-refractivity contribution in [2.24, 2.45) is 0 Å². The van der Waals surface area contributed by atoms with E-state index in [-0.39, 0.29) is 0 Å². The van der Waals surface area contributed by atoms with Crippen LogP contribution in [0.1, 0.15) is 54.4 Å². The third kappa shape index (κ3) is 2.99. The van der Waals surface area contributed by atoms with Gasteiger partial charge in [0.25, 0.3) is 0 Å². The van der Waals surface area contributed by atoms with E-state index in [1.54, 1.807) is 0 Å². The molecule has 0 saturated carbocycles. The fourth-order valence-corrected chi connectivity index (χ4v) is 10.6. The van der Waals surface area contributed by atoms with Gasteiger partial charge in [-0.2, -0.15) is 0 Å². The summed E-state index contributed by atoms with van der Waals surface area (Å²) in [6.07, 6.45) is 2.48. The molecule has 17 heavy (non-hydrogen) atoms. The molecule has 0 aliphatic carbocycles. The van der Waals surface area contributed by atoms with Crippen LogP contribution in [0.25, 0.3) is 0 Å². The van der Waals surface area contributed by atoms with Crippen LogP contribution in [0.3, 0.4) is 0 Å². The molecule has 0 aromatic heterocycles. The Kier molecular flexibility index (Phi) is 4.95. The average molecular weight is 347 g/mol. The van der Waals surface area contributed by atoms with Gasteiger partial charge in [0.1, 0.15) is 0 Å². The molecule has 0 spiro atoms. The van der Waals surface area contributed by atoms with Crippen LogP contribution in [0.2, 0.25) is 0 Å². The molecular formula is C13H30N3Sn. The molecule has 4 heteroatoms. The van der Waals surface area contributed by atoms with Crippen molar-refractivity contribution >= 4 is 20.6 Å². The van der Waals surface area contributed by atoms with Crippen LogP contribution in [-0.4, -0.2) is 61.8 Å². The van der Waals surface area contributed by atoms with Gasteiger partial charge < -0.3 is 0 Å². The molecule has 0 bridgehead atoms. The summed E-state index contributed by atoms with van der Waals surface area (Å²) in [4.78, 5) is 0. The third-order valence-corrected chi connectivity index (χ3v) is 13.7. The van der Waals surface area contributed by atoms with Crippen molar-refractivity contribution in [1.82, 2.24) is 9.36 Å². The monoisotopic (exact) mass is 348 g/mol. The molecule has 0 aromatic rings. The third-order valence-electron chi connectivity index (χ3n) is 4.36. The normalized spacial score (nSPS) is 21.0. The summed E-state index contributed by atoms with van der Waals surface area (Å²) in [5, 5.41) is 0. The molecule has 1 fully saturated rings. The first-order valence-electron chi connectivity index (χ1n) is 6.77. The van der Waals surface area contributed by atoms with Gasteiger partial charge in [0.2, 0.25) is 0 Å². The fourth-order valence-electron chi connectivity index (χ4n) is 2.12. The quantitative estimate of drug-likeness (QED) is 0.708.